The summed E-state index contributed by atoms with van der Waals surface area (Å²) in [6, 6.07) is 8.71. The lowest BCUT2D eigenvalue weighted by Crippen LogP contribution is -1.85. The van der Waals surface area contributed by atoms with Crippen LogP contribution in [0.25, 0.3) is 0 Å². The molecule has 1 fully saturated rings. The number of phenols is 1. The Hall–Kier alpha value is -1.06. The molecule has 1 saturated carbocycles. The van der Waals surface area contributed by atoms with Gasteiger partial charge in [-0.3, -0.25) is 0 Å². The van der Waals surface area contributed by atoms with Gasteiger partial charge in [0.2, 0.25) is 0 Å². The monoisotopic (exact) mass is 212 g/mol. The molecule has 3 heteroatoms. The van der Waals surface area contributed by atoms with Crippen molar-refractivity contribution in [2.45, 2.75) is 38.5 Å². The first-order chi connectivity index (χ1) is 6.39. The Morgan fingerprint density at radius 1 is 0.667 bits per heavy atom. The molecule has 0 atom stereocenters. The van der Waals surface area contributed by atoms with Gasteiger partial charge in [-0.2, -0.15) is 0 Å². The largest absolute Gasteiger partial charge is 0.508 e. The highest BCUT2D eigenvalue weighted by molar-refractivity contribution is 5.18. The highest BCUT2D eigenvalue weighted by atomic mass is 16.3. The molecule has 88 valence electrons. The van der Waals surface area contributed by atoms with Crippen molar-refractivity contribution >= 4 is 0 Å². The van der Waals surface area contributed by atoms with E-state index < -0.39 is 0 Å². The fraction of sp³-hybridized carbons (Fsp3) is 0.500. The fourth-order valence-electron chi connectivity index (χ4n) is 1.49. The van der Waals surface area contributed by atoms with Gasteiger partial charge in [-0.1, -0.05) is 56.7 Å². The SMILES string of the molecule is C1CCCCC1.N.N.Oc1ccccc1. The molecule has 1 aromatic rings. The molecule has 0 radical (unpaired) electrons. The summed E-state index contributed by atoms with van der Waals surface area (Å²) in [7, 11) is 0. The number of rotatable bonds is 0. The van der Waals surface area contributed by atoms with E-state index in [9.17, 15) is 0 Å². The van der Waals surface area contributed by atoms with Crippen molar-refractivity contribution in [3.63, 3.8) is 0 Å². The highest BCUT2D eigenvalue weighted by Crippen LogP contribution is 2.15. The van der Waals surface area contributed by atoms with Gasteiger partial charge in [-0.05, 0) is 12.1 Å². The number of benzene rings is 1. The fourth-order valence-corrected chi connectivity index (χ4v) is 1.49. The summed E-state index contributed by atoms with van der Waals surface area (Å²) in [5.74, 6) is 0.322. The average molecular weight is 212 g/mol. The number of phenolic OH excluding ortho intramolecular Hbond substituents is 1. The predicted octanol–water partition coefficient (Wildman–Crippen LogP) is 4.06. The Morgan fingerprint density at radius 3 is 1.20 bits per heavy atom. The standard InChI is InChI=1S/C6H6O.C6H12.2H3N/c7-6-4-2-1-3-5-6;1-2-4-6-5-3-1;;/h1-5,7H;1-6H2;2*1H3. The third-order valence-corrected chi connectivity index (χ3v) is 2.26. The lowest BCUT2D eigenvalue weighted by Gasteiger charge is -2.05. The first kappa shape index (κ1) is 16.4. The van der Waals surface area contributed by atoms with E-state index in [0.717, 1.165) is 0 Å². The zero-order chi connectivity index (χ0) is 9.36. The second-order valence-electron chi connectivity index (χ2n) is 3.46. The van der Waals surface area contributed by atoms with Gasteiger partial charge >= 0.3 is 0 Å². The smallest absolute Gasteiger partial charge is 0.115 e. The number of para-hydroxylation sites is 1. The molecule has 15 heavy (non-hydrogen) atoms. The zero-order valence-corrected chi connectivity index (χ0v) is 9.49. The van der Waals surface area contributed by atoms with Gasteiger partial charge in [0.1, 0.15) is 5.75 Å². The van der Waals surface area contributed by atoms with Crippen LogP contribution in [0.1, 0.15) is 38.5 Å². The van der Waals surface area contributed by atoms with Crippen LogP contribution >= 0.6 is 0 Å². The molecule has 0 heterocycles. The van der Waals surface area contributed by atoms with Gasteiger partial charge < -0.3 is 17.4 Å². The van der Waals surface area contributed by atoms with E-state index in [-0.39, 0.29) is 12.3 Å². The number of hydrogen-bond donors (Lipinski definition) is 3. The highest BCUT2D eigenvalue weighted by Gasteiger charge is 1.95. The van der Waals surface area contributed by atoms with Gasteiger partial charge in [0.25, 0.3) is 0 Å². The van der Waals surface area contributed by atoms with Crippen molar-refractivity contribution in [3.8, 4) is 5.75 Å². The lowest BCUT2D eigenvalue weighted by molar-refractivity contribution is 0.475. The maximum atomic E-state index is 8.63. The van der Waals surface area contributed by atoms with Crippen molar-refractivity contribution < 1.29 is 5.11 Å². The molecule has 1 aliphatic carbocycles. The van der Waals surface area contributed by atoms with Crippen molar-refractivity contribution in [1.82, 2.24) is 12.3 Å². The van der Waals surface area contributed by atoms with E-state index in [2.05, 4.69) is 0 Å². The zero-order valence-electron chi connectivity index (χ0n) is 9.49. The van der Waals surface area contributed by atoms with Crippen LogP contribution in [-0.4, -0.2) is 5.11 Å². The summed E-state index contributed by atoms with van der Waals surface area (Å²) >= 11 is 0. The Labute approximate surface area is 92.7 Å². The Morgan fingerprint density at radius 2 is 1.00 bits per heavy atom. The molecule has 0 saturated heterocycles. The van der Waals surface area contributed by atoms with Gasteiger partial charge in [0.05, 0.1) is 0 Å². The average Bonchev–Trinajstić information content (AvgIpc) is 2.22. The van der Waals surface area contributed by atoms with Gasteiger partial charge in [-0.15, -0.1) is 0 Å². The molecular formula is C12H24N2O. The van der Waals surface area contributed by atoms with Crippen LogP contribution in [0.5, 0.6) is 5.75 Å². The van der Waals surface area contributed by atoms with Crippen molar-refractivity contribution in [2.24, 2.45) is 0 Å². The Bertz CT molecular complexity index is 199. The molecule has 0 aliphatic heterocycles. The normalized spacial score (nSPS) is 13.6. The molecule has 1 aliphatic rings. The number of hydrogen-bond acceptors (Lipinski definition) is 3. The first-order valence-electron chi connectivity index (χ1n) is 5.13. The predicted molar refractivity (Wildman–Crippen MR) is 65.9 cm³/mol. The molecule has 0 unspecified atom stereocenters. The Balaban J connectivity index is 0. The van der Waals surface area contributed by atoms with E-state index in [1.54, 1.807) is 24.3 Å². The van der Waals surface area contributed by atoms with E-state index in [1.807, 2.05) is 6.07 Å². The molecule has 0 amide bonds. The molecule has 1 aromatic carbocycles. The molecular weight excluding hydrogens is 188 g/mol. The van der Waals surface area contributed by atoms with E-state index in [1.165, 1.54) is 38.5 Å². The van der Waals surface area contributed by atoms with E-state index in [0.29, 0.717) is 5.75 Å². The summed E-state index contributed by atoms with van der Waals surface area (Å²) in [6.07, 6.45) is 9.00. The van der Waals surface area contributed by atoms with Gasteiger partial charge in [0.15, 0.2) is 0 Å². The summed E-state index contributed by atoms with van der Waals surface area (Å²) < 4.78 is 0. The minimum absolute atomic E-state index is 0. The molecule has 3 nitrogen and oxygen atoms in total. The summed E-state index contributed by atoms with van der Waals surface area (Å²) in [6.45, 7) is 0. The molecule has 0 spiro atoms. The van der Waals surface area contributed by atoms with Gasteiger partial charge in [-0.25, -0.2) is 0 Å². The summed E-state index contributed by atoms with van der Waals surface area (Å²) in [5.41, 5.74) is 0. The van der Waals surface area contributed by atoms with E-state index >= 15 is 0 Å². The second kappa shape index (κ2) is 11.0. The maximum Gasteiger partial charge on any atom is 0.115 e. The van der Waals surface area contributed by atoms with Gasteiger partial charge in [0, 0.05) is 0 Å². The first-order valence-corrected chi connectivity index (χ1v) is 5.13. The van der Waals surface area contributed by atoms with Crippen LogP contribution in [-0.2, 0) is 0 Å². The second-order valence-corrected chi connectivity index (χ2v) is 3.46. The van der Waals surface area contributed by atoms with Crippen molar-refractivity contribution in [3.05, 3.63) is 30.3 Å². The molecule has 2 rings (SSSR count). The molecule has 0 aromatic heterocycles. The maximum absolute atomic E-state index is 8.63. The van der Waals surface area contributed by atoms with Crippen LogP contribution < -0.4 is 12.3 Å². The Kier molecular flexibility index (Phi) is 12.0. The van der Waals surface area contributed by atoms with Crippen LogP contribution in [0.2, 0.25) is 0 Å². The van der Waals surface area contributed by atoms with Crippen molar-refractivity contribution in [2.75, 3.05) is 0 Å². The quantitative estimate of drug-likeness (QED) is 0.605. The third kappa shape index (κ3) is 9.25. The number of aromatic hydroxyl groups is 1. The molecule has 7 N–H and O–H groups in total. The topological polar surface area (TPSA) is 90.2 Å². The van der Waals surface area contributed by atoms with Crippen LogP contribution in [0.4, 0.5) is 0 Å². The minimum atomic E-state index is 0. The lowest BCUT2D eigenvalue weighted by atomic mass is 10.0. The van der Waals surface area contributed by atoms with Crippen molar-refractivity contribution in [1.29, 1.82) is 0 Å². The van der Waals surface area contributed by atoms with Crippen LogP contribution in [0.3, 0.4) is 0 Å². The van der Waals surface area contributed by atoms with Crippen LogP contribution in [0, 0.1) is 0 Å². The molecule has 0 bridgehead atoms. The minimum Gasteiger partial charge on any atom is -0.508 e. The van der Waals surface area contributed by atoms with Crippen LogP contribution in [0.15, 0.2) is 30.3 Å². The third-order valence-electron chi connectivity index (χ3n) is 2.26. The van der Waals surface area contributed by atoms with E-state index in [4.69, 9.17) is 5.11 Å². The summed E-state index contributed by atoms with van der Waals surface area (Å²) in [5, 5.41) is 8.63. The summed E-state index contributed by atoms with van der Waals surface area (Å²) in [4.78, 5) is 0.